The lowest BCUT2D eigenvalue weighted by atomic mass is 10.2. The monoisotopic (exact) mass is 289 g/mol. The van der Waals surface area contributed by atoms with E-state index in [1.165, 1.54) is 0 Å². The standard InChI is InChI=1S/C18H17N4/c1-16-21(19-14-17-8-4-2-5-9-17)12-13-22(16)20-15-18-10-6-3-7-11-18/h2-15H,1H3/q+1. The number of aromatic nitrogens is 2. The van der Waals surface area contributed by atoms with Crippen LogP contribution in [0.3, 0.4) is 0 Å². The van der Waals surface area contributed by atoms with Gasteiger partial charge in [-0.25, -0.2) is 0 Å². The fourth-order valence-electron chi connectivity index (χ4n) is 2.03. The molecular formula is C18H17N4+. The summed E-state index contributed by atoms with van der Waals surface area (Å²) in [5.74, 6) is 0.930. The zero-order chi connectivity index (χ0) is 15.2. The molecule has 3 aromatic rings. The first kappa shape index (κ1) is 13.9. The van der Waals surface area contributed by atoms with Crippen LogP contribution in [0.1, 0.15) is 17.0 Å². The first-order valence-electron chi connectivity index (χ1n) is 7.11. The van der Waals surface area contributed by atoms with Crippen molar-refractivity contribution >= 4 is 12.4 Å². The molecule has 0 N–H and O–H groups in total. The lowest BCUT2D eigenvalue weighted by Gasteiger charge is -1.92. The Kier molecular flexibility index (Phi) is 4.20. The molecule has 0 aliphatic carbocycles. The number of benzene rings is 2. The molecule has 0 atom stereocenters. The van der Waals surface area contributed by atoms with E-state index in [4.69, 9.17) is 0 Å². The minimum atomic E-state index is 0.930. The van der Waals surface area contributed by atoms with E-state index in [-0.39, 0.29) is 0 Å². The van der Waals surface area contributed by atoms with Crippen LogP contribution in [0, 0.1) is 6.92 Å². The second-order valence-corrected chi connectivity index (χ2v) is 4.85. The predicted octanol–water partition coefficient (Wildman–Crippen LogP) is 2.85. The lowest BCUT2D eigenvalue weighted by Crippen LogP contribution is -2.29. The zero-order valence-corrected chi connectivity index (χ0v) is 12.4. The lowest BCUT2D eigenvalue weighted by molar-refractivity contribution is -0.684. The molecule has 1 heterocycles. The molecule has 0 spiro atoms. The van der Waals surface area contributed by atoms with Crippen LogP contribution in [-0.4, -0.2) is 17.1 Å². The topological polar surface area (TPSA) is 33.5 Å². The van der Waals surface area contributed by atoms with E-state index in [9.17, 15) is 0 Å². The van der Waals surface area contributed by atoms with Crippen molar-refractivity contribution in [3.05, 3.63) is 90.0 Å². The van der Waals surface area contributed by atoms with Crippen molar-refractivity contribution < 1.29 is 4.68 Å². The summed E-state index contributed by atoms with van der Waals surface area (Å²) < 4.78 is 3.60. The van der Waals surface area contributed by atoms with Gasteiger partial charge in [0.05, 0.1) is 12.4 Å². The molecule has 0 unspecified atom stereocenters. The quantitative estimate of drug-likeness (QED) is 0.523. The van der Waals surface area contributed by atoms with Gasteiger partial charge in [-0.15, -0.1) is 9.35 Å². The summed E-state index contributed by atoms with van der Waals surface area (Å²) >= 11 is 0. The Morgan fingerprint density at radius 2 is 1.45 bits per heavy atom. The van der Waals surface area contributed by atoms with Crippen LogP contribution in [0.5, 0.6) is 0 Å². The second kappa shape index (κ2) is 6.63. The highest BCUT2D eigenvalue weighted by Gasteiger charge is 2.10. The Labute approximate surface area is 129 Å². The van der Waals surface area contributed by atoms with Crippen molar-refractivity contribution in [2.75, 3.05) is 0 Å². The molecule has 2 aromatic carbocycles. The summed E-state index contributed by atoms with van der Waals surface area (Å²) in [5.41, 5.74) is 2.13. The summed E-state index contributed by atoms with van der Waals surface area (Å²) in [5, 5.41) is 8.90. The van der Waals surface area contributed by atoms with Crippen LogP contribution in [0.4, 0.5) is 0 Å². The maximum atomic E-state index is 4.45. The Morgan fingerprint density at radius 3 is 2.09 bits per heavy atom. The van der Waals surface area contributed by atoms with Gasteiger partial charge in [0.15, 0.2) is 12.4 Å². The molecule has 1 aromatic heterocycles. The molecule has 0 saturated carbocycles. The molecule has 0 amide bonds. The third-order valence-corrected chi connectivity index (χ3v) is 3.27. The normalized spacial score (nSPS) is 11.5. The SMILES string of the molecule is Cc1n(N=Cc2ccccc2)cc[n+]1N=Cc1ccccc1. The molecule has 0 aliphatic rings. The van der Waals surface area contributed by atoms with Crippen LogP contribution < -0.4 is 4.68 Å². The maximum absolute atomic E-state index is 4.45. The minimum Gasteiger partial charge on any atom is -0.103 e. The third-order valence-electron chi connectivity index (χ3n) is 3.27. The molecule has 0 radical (unpaired) electrons. The summed E-state index contributed by atoms with van der Waals surface area (Å²) in [4.78, 5) is 0. The Bertz CT molecular complexity index is 719. The highest BCUT2D eigenvalue weighted by Crippen LogP contribution is 1.98. The smallest absolute Gasteiger partial charge is 0.103 e. The number of rotatable bonds is 4. The summed E-state index contributed by atoms with van der Waals surface area (Å²) in [7, 11) is 0. The molecule has 22 heavy (non-hydrogen) atoms. The molecular weight excluding hydrogens is 272 g/mol. The average Bonchev–Trinajstić information content (AvgIpc) is 2.93. The largest absolute Gasteiger partial charge is 0.304 e. The van der Waals surface area contributed by atoms with E-state index < -0.39 is 0 Å². The number of nitrogens with zero attached hydrogens (tertiary/aromatic N) is 4. The van der Waals surface area contributed by atoms with Gasteiger partial charge in [0.2, 0.25) is 0 Å². The number of hydrogen-bond donors (Lipinski definition) is 0. The van der Waals surface area contributed by atoms with Crippen LogP contribution >= 0.6 is 0 Å². The van der Waals surface area contributed by atoms with Crippen LogP contribution in [-0.2, 0) is 0 Å². The van der Waals surface area contributed by atoms with Gasteiger partial charge in [-0.05, 0) is 11.1 Å². The molecule has 108 valence electrons. The molecule has 0 fully saturated rings. The zero-order valence-electron chi connectivity index (χ0n) is 12.4. The Morgan fingerprint density at radius 1 is 0.864 bits per heavy atom. The van der Waals surface area contributed by atoms with Crippen molar-refractivity contribution in [1.29, 1.82) is 0 Å². The van der Waals surface area contributed by atoms with Crippen LogP contribution in [0.25, 0.3) is 0 Å². The van der Waals surface area contributed by atoms with Gasteiger partial charge in [-0.2, -0.15) is 0 Å². The van der Waals surface area contributed by atoms with E-state index in [1.54, 1.807) is 9.35 Å². The van der Waals surface area contributed by atoms with Gasteiger partial charge in [0.1, 0.15) is 0 Å². The first-order chi connectivity index (χ1) is 10.8. The van der Waals surface area contributed by atoms with Crippen molar-refractivity contribution in [3.63, 3.8) is 0 Å². The van der Waals surface area contributed by atoms with Crippen molar-refractivity contribution in [3.8, 4) is 0 Å². The molecule has 4 heteroatoms. The predicted molar refractivity (Wildman–Crippen MR) is 88.2 cm³/mol. The van der Waals surface area contributed by atoms with E-state index in [1.807, 2.05) is 92.4 Å². The minimum absolute atomic E-state index is 0.930. The summed E-state index contributed by atoms with van der Waals surface area (Å²) in [6, 6.07) is 20.0. The first-order valence-corrected chi connectivity index (χ1v) is 7.11. The third kappa shape index (κ3) is 3.35. The number of hydrogen-bond acceptors (Lipinski definition) is 2. The fourth-order valence-corrected chi connectivity index (χ4v) is 2.03. The van der Waals surface area contributed by atoms with Gasteiger partial charge in [-0.3, -0.25) is 0 Å². The van der Waals surface area contributed by atoms with Gasteiger partial charge in [0, 0.05) is 6.92 Å². The van der Waals surface area contributed by atoms with E-state index in [0.717, 1.165) is 17.0 Å². The van der Waals surface area contributed by atoms with Crippen molar-refractivity contribution in [1.82, 2.24) is 4.68 Å². The van der Waals surface area contributed by atoms with Gasteiger partial charge < -0.3 is 0 Å². The molecule has 3 rings (SSSR count). The second-order valence-electron chi connectivity index (χ2n) is 4.85. The van der Waals surface area contributed by atoms with E-state index in [0.29, 0.717) is 0 Å². The maximum Gasteiger partial charge on any atom is 0.304 e. The molecule has 0 aliphatic heterocycles. The van der Waals surface area contributed by atoms with Crippen molar-refractivity contribution in [2.45, 2.75) is 6.92 Å². The van der Waals surface area contributed by atoms with Gasteiger partial charge in [-0.1, -0.05) is 70.9 Å². The highest BCUT2D eigenvalue weighted by molar-refractivity contribution is 5.79. The average molecular weight is 289 g/mol. The molecule has 0 bridgehead atoms. The van der Waals surface area contributed by atoms with E-state index >= 15 is 0 Å². The Hall–Kier alpha value is -3.01. The molecule has 0 saturated heterocycles. The van der Waals surface area contributed by atoms with Crippen LogP contribution in [0.15, 0.2) is 83.3 Å². The highest BCUT2D eigenvalue weighted by atomic mass is 15.5. The molecule has 4 nitrogen and oxygen atoms in total. The number of imidazole rings is 1. The summed E-state index contributed by atoms with van der Waals surface area (Å²) in [6.45, 7) is 1.98. The van der Waals surface area contributed by atoms with E-state index in [2.05, 4.69) is 10.2 Å². The fraction of sp³-hybridized carbons (Fsp3) is 0.0556. The summed E-state index contributed by atoms with van der Waals surface area (Å²) in [6.07, 6.45) is 7.44. The van der Waals surface area contributed by atoms with Gasteiger partial charge in [0.25, 0.3) is 0 Å². The van der Waals surface area contributed by atoms with Crippen molar-refractivity contribution in [2.24, 2.45) is 10.2 Å². The Balaban J connectivity index is 1.78. The van der Waals surface area contributed by atoms with Gasteiger partial charge >= 0.3 is 5.82 Å². The van der Waals surface area contributed by atoms with Crippen LogP contribution in [0.2, 0.25) is 0 Å².